The highest BCUT2D eigenvalue weighted by Crippen LogP contribution is 2.23. The number of hydrogen-bond acceptors (Lipinski definition) is 3. The van der Waals surface area contributed by atoms with Gasteiger partial charge in [-0.2, -0.15) is 0 Å². The molecule has 0 fully saturated rings. The van der Waals surface area contributed by atoms with Gasteiger partial charge in [0, 0.05) is 5.54 Å². The lowest BCUT2D eigenvalue weighted by Gasteiger charge is -2.28. The van der Waals surface area contributed by atoms with Crippen molar-refractivity contribution in [2.45, 2.75) is 38.3 Å². The number of amides is 1. The van der Waals surface area contributed by atoms with Gasteiger partial charge in [-0.1, -0.05) is 30.3 Å². The maximum absolute atomic E-state index is 13.2. The Kier molecular flexibility index (Phi) is 6.15. The number of methoxy groups -OCH3 is 1. The number of nitrogens with one attached hydrogen (secondary N) is 1. The third kappa shape index (κ3) is 5.57. The van der Waals surface area contributed by atoms with Crippen molar-refractivity contribution in [1.29, 1.82) is 0 Å². The Morgan fingerprint density at radius 2 is 1.96 bits per heavy atom. The molecule has 2 rings (SSSR count). The molecule has 1 atom stereocenters. The smallest absolute Gasteiger partial charge is 0.223 e. The average Bonchev–Trinajstić information content (AvgIpc) is 2.54. The third-order valence-electron chi connectivity index (χ3n) is 3.91. The molecular weight excluding hydrogens is 321 g/mol. The van der Waals surface area contributed by atoms with E-state index in [1.807, 2.05) is 38.1 Å². The van der Waals surface area contributed by atoms with Gasteiger partial charge in [0.05, 0.1) is 19.6 Å². The number of ether oxygens (including phenoxy) is 1. The van der Waals surface area contributed by atoms with Crippen LogP contribution in [0.1, 0.15) is 37.5 Å². The summed E-state index contributed by atoms with van der Waals surface area (Å²) in [4.78, 5) is 12.3. The van der Waals surface area contributed by atoms with Gasteiger partial charge >= 0.3 is 0 Å². The van der Waals surface area contributed by atoms with Crippen LogP contribution in [0.25, 0.3) is 0 Å². The summed E-state index contributed by atoms with van der Waals surface area (Å²) in [7, 11) is 1.61. The fraction of sp³-hybridized carbons (Fsp3) is 0.350. The first-order valence-corrected chi connectivity index (χ1v) is 8.17. The molecule has 134 valence electrons. The zero-order chi connectivity index (χ0) is 18.4. The van der Waals surface area contributed by atoms with Crippen molar-refractivity contribution in [3.8, 4) is 5.75 Å². The molecule has 0 spiro atoms. The SMILES string of the molecule is COc1ccccc1CC(C)(C)NC(=O)CC(O)c1cccc(F)c1. The van der Waals surface area contributed by atoms with E-state index in [0.717, 1.165) is 11.3 Å². The van der Waals surface area contributed by atoms with Gasteiger partial charge in [0.2, 0.25) is 5.91 Å². The lowest BCUT2D eigenvalue weighted by molar-refractivity contribution is -0.124. The second kappa shape index (κ2) is 8.12. The van der Waals surface area contributed by atoms with Crippen molar-refractivity contribution in [1.82, 2.24) is 5.32 Å². The number of carbonyl (C=O) groups is 1. The fourth-order valence-corrected chi connectivity index (χ4v) is 2.81. The second-order valence-electron chi connectivity index (χ2n) is 6.70. The van der Waals surface area contributed by atoms with Crippen molar-refractivity contribution >= 4 is 5.91 Å². The number of benzene rings is 2. The molecule has 0 aromatic heterocycles. The van der Waals surface area contributed by atoms with Crippen molar-refractivity contribution < 1.29 is 19.0 Å². The van der Waals surface area contributed by atoms with Gasteiger partial charge < -0.3 is 15.2 Å². The summed E-state index contributed by atoms with van der Waals surface area (Å²) < 4.78 is 18.6. The van der Waals surface area contributed by atoms with E-state index in [4.69, 9.17) is 4.74 Å². The van der Waals surface area contributed by atoms with E-state index in [0.29, 0.717) is 12.0 Å². The number of carbonyl (C=O) groups excluding carboxylic acids is 1. The van der Waals surface area contributed by atoms with Crippen LogP contribution in [0.2, 0.25) is 0 Å². The van der Waals surface area contributed by atoms with E-state index in [1.54, 1.807) is 13.2 Å². The molecule has 0 aliphatic rings. The molecule has 0 aliphatic carbocycles. The van der Waals surface area contributed by atoms with Gasteiger partial charge in [-0.05, 0) is 49.6 Å². The number of aliphatic hydroxyl groups is 1. The highest BCUT2D eigenvalue weighted by molar-refractivity contribution is 5.77. The van der Waals surface area contributed by atoms with Crippen LogP contribution >= 0.6 is 0 Å². The number of rotatable bonds is 7. The Bertz CT molecular complexity index is 730. The predicted octanol–water partition coefficient (Wildman–Crippen LogP) is 3.40. The van der Waals surface area contributed by atoms with E-state index in [9.17, 15) is 14.3 Å². The zero-order valence-electron chi connectivity index (χ0n) is 14.8. The predicted molar refractivity (Wildman–Crippen MR) is 94.9 cm³/mol. The summed E-state index contributed by atoms with van der Waals surface area (Å²) in [5, 5.41) is 13.1. The molecule has 2 N–H and O–H groups in total. The van der Waals surface area contributed by atoms with Gasteiger partial charge in [-0.25, -0.2) is 4.39 Å². The second-order valence-corrected chi connectivity index (χ2v) is 6.70. The van der Waals surface area contributed by atoms with Crippen molar-refractivity contribution in [2.24, 2.45) is 0 Å². The van der Waals surface area contributed by atoms with Crippen LogP contribution in [-0.4, -0.2) is 23.7 Å². The Morgan fingerprint density at radius 1 is 1.24 bits per heavy atom. The van der Waals surface area contributed by atoms with Crippen LogP contribution in [0, 0.1) is 5.82 Å². The van der Waals surface area contributed by atoms with Crippen molar-refractivity contribution in [2.75, 3.05) is 7.11 Å². The molecule has 0 radical (unpaired) electrons. The Morgan fingerprint density at radius 3 is 2.64 bits per heavy atom. The van der Waals surface area contributed by atoms with E-state index >= 15 is 0 Å². The largest absolute Gasteiger partial charge is 0.496 e. The van der Waals surface area contributed by atoms with Crippen LogP contribution in [0.5, 0.6) is 5.75 Å². The van der Waals surface area contributed by atoms with E-state index < -0.39 is 17.5 Å². The summed E-state index contributed by atoms with van der Waals surface area (Å²) in [5.74, 6) is 0.0368. The summed E-state index contributed by atoms with van der Waals surface area (Å²) >= 11 is 0. The van der Waals surface area contributed by atoms with Crippen LogP contribution < -0.4 is 10.1 Å². The summed E-state index contributed by atoms with van der Waals surface area (Å²) in [6.45, 7) is 3.82. The molecule has 0 saturated carbocycles. The zero-order valence-corrected chi connectivity index (χ0v) is 14.8. The molecule has 2 aromatic carbocycles. The van der Waals surface area contributed by atoms with E-state index in [1.165, 1.54) is 18.2 Å². The number of halogens is 1. The lowest BCUT2D eigenvalue weighted by atomic mass is 9.93. The molecule has 1 amide bonds. The van der Waals surface area contributed by atoms with Crippen LogP contribution in [0.4, 0.5) is 4.39 Å². The minimum absolute atomic E-state index is 0.126. The van der Waals surface area contributed by atoms with Gasteiger partial charge in [0.15, 0.2) is 0 Å². The third-order valence-corrected chi connectivity index (χ3v) is 3.91. The number of aliphatic hydroxyl groups excluding tert-OH is 1. The maximum Gasteiger partial charge on any atom is 0.223 e. The van der Waals surface area contributed by atoms with Crippen LogP contribution in [0.3, 0.4) is 0 Å². The minimum atomic E-state index is -1.04. The molecule has 0 bridgehead atoms. The molecular formula is C20H24FNO3. The Hall–Kier alpha value is -2.40. The number of hydrogen-bond donors (Lipinski definition) is 2. The topological polar surface area (TPSA) is 58.6 Å². The monoisotopic (exact) mass is 345 g/mol. The van der Waals surface area contributed by atoms with Crippen LogP contribution in [-0.2, 0) is 11.2 Å². The molecule has 2 aromatic rings. The Balaban J connectivity index is 1.98. The lowest BCUT2D eigenvalue weighted by Crippen LogP contribution is -2.45. The van der Waals surface area contributed by atoms with Crippen LogP contribution in [0.15, 0.2) is 48.5 Å². The molecule has 5 heteroatoms. The summed E-state index contributed by atoms with van der Waals surface area (Å²) in [6, 6.07) is 13.3. The van der Waals surface area contributed by atoms with Gasteiger partial charge in [0.25, 0.3) is 0 Å². The van der Waals surface area contributed by atoms with Gasteiger partial charge in [0.1, 0.15) is 11.6 Å². The van der Waals surface area contributed by atoms with Gasteiger partial charge in [-0.3, -0.25) is 4.79 Å². The molecule has 4 nitrogen and oxygen atoms in total. The molecule has 0 heterocycles. The van der Waals surface area contributed by atoms with Gasteiger partial charge in [-0.15, -0.1) is 0 Å². The fourth-order valence-electron chi connectivity index (χ4n) is 2.81. The summed E-state index contributed by atoms with van der Waals surface area (Å²) in [5.41, 5.74) is 0.853. The highest BCUT2D eigenvalue weighted by Gasteiger charge is 2.24. The normalized spacial score (nSPS) is 12.5. The van der Waals surface area contributed by atoms with Crippen molar-refractivity contribution in [3.05, 3.63) is 65.5 Å². The van der Waals surface area contributed by atoms with Crippen molar-refractivity contribution in [3.63, 3.8) is 0 Å². The first kappa shape index (κ1) is 18.9. The molecule has 0 aliphatic heterocycles. The Labute approximate surface area is 147 Å². The average molecular weight is 345 g/mol. The maximum atomic E-state index is 13.2. The standard InChI is InChI=1S/C20H24FNO3/c1-20(2,13-15-7-4-5-10-18(15)25-3)22-19(24)12-17(23)14-8-6-9-16(21)11-14/h4-11,17,23H,12-13H2,1-3H3,(H,22,24). The van der Waals surface area contributed by atoms with E-state index in [2.05, 4.69) is 5.32 Å². The van der Waals surface area contributed by atoms with E-state index in [-0.39, 0.29) is 12.3 Å². The first-order valence-electron chi connectivity index (χ1n) is 8.17. The number of para-hydroxylation sites is 1. The molecule has 1 unspecified atom stereocenters. The highest BCUT2D eigenvalue weighted by atomic mass is 19.1. The quantitative estimate of drug-likeness (QED) is 0.809. The minimum Gasteiger partial charge on any atom is -0.496 e. The molecule has 0 saturated heterocycles. The molecule has 25 heavy (non-hydrogen) atoms. The first-order chi connectivity index (χ1) is 11.8. The summed E-state index contributed by atoms with van der Waals surface area (Å²) in [6.07, 6.45) is -0.588.